The highest BCUT2D eigenvalue weighted by Crippen LogP contribution is 2.13. The number of benzene rings is 1. The first kappa shape index (κ1) is 14.0. The van der Waals surface area contributed by atoms with E-state index >= 15 is 0 Å². The molecule has 1 aliphatic rings. The minimum atomic E-state index is -0.0905. The maximum absolute atomic E-state index is 12.3. The van der Waals surface area contributed by atoms with Gasteiger partial charge in [0.25, 0.3) is 0 Å². The number of hydrogen-bond donors (Lipinski definition) is 2. The van der Waals surface area contributed by atoms with Crippen molar-refractivity contribution in [2.24, 2.45) is 0 Å². The van der Waals surface area contributed by atoms with Crippen LogP contribution in [0.5, 0.6) is 0 Å². The summed E-state index contributed by atoms with van der Waals surface area (Å²) in [5.74, 6) is 0.0755. The predicted molar refractivity (Wildman–Crippen MR) is 78.2 cm³/mol. The number of para-hydroxylation sites is 1. The van der Waals surface area contributed by atoms with E-state index in [0.717, 1.165) is 31.7 Å². The Morgan fingerprint density at radius 1 is 1.42 bits per heavy atom. The van der Waals surface area contributed by atoms with Crippen molar-refractivity contribution in [2.75, 3.05) is 25.0 Å². The van der Waals surface area contributed by atoms with E-state index in [9.17, 15) is 4.79 Å². The molecular formula is C15H23N3O. The van der Waals surface area contributed by atoms with Crippen molar-refractivity contribution in [3.05, 3.63) is 30.3 Å². The molecule has 0 spiro atoms. The van der Waals surface area contributed by atoms with Gasteiger partial charge in [0.1, 0.15) is 0 Å². The summed E-state index contributed by atoms with van der Waals surface area (Å²) >= 11 is 0. The molecule has 104 valence electrons. The van der Waals surface area contributed by atoms with Gasteiger partial charge in [-0.3, -0.25) is 9.69 Å². The number of carbonyl (C=O) groups is 1. The van der Waals surface area contributed by atoms with Crippen molar-refractivity contribution in [1.82, 2.24) is 10.2 Å². The van der Waals surface area contributed by atoms with Crippen molar-refractivity contribution < 1.29 is 4.79 Å². The lowest BCUT2D eigenvalue weighted by molar-refractivity contribution is -0.122. The molecule has 4 heteroatoms. The Morgan fingerprint density at radius 3 is 2.63 bits per heavy atom. The topological polar surface area (TPSA) is 44.4 Å². The first-order valence-electron chi connectivity index (χ1n) is 7.04. The lowest BCUT2D eigenvalue weighted by atomic mass is 10.1. The zero-order valence-electron chi connectivity index (χ0n) is 11.7. The molecule has 1 aliphatic heterocycles. The van der Waals surface area contributed by atoms with Crippen LogP contribution in [0.4, 0.5) is 5.69 Å². The Labute approximate surface area is 115 Å². The minimum Gasteiger partial charge on any atom is -0.325 e. The predicted octanol–water partition coefficient (Wildman–Crippen LogP) is 1.70. The van der Waals surface area contributed by atoms with Crippen LogP contribution < -0.4 is 10.6 Å². The Hall–Kier alpha value is -1.39. The molecule has 1 atom stereocenters. The van der Waals surface area contributed by atoms with Crippen LogP contribution in [0.25, 0.3) is 0 Å². The normalized spacial score (nSPS) is 17.0. The van der Waals surface area contributed by atoms with Crippen molar-refractivity contribution in [3.8, 4) is 0 Å². The molecule has 0 aromatic heterocycles. The molecule has 4 nitrogen and oxygen atoms in total. The average molecular weight is 261 g/mol. The van der Waals surface area contributed by atoms with Crippen molar-refractivity contribution >= 4 is 11.6 Å². The second-order valence-electron chi connectivity index (χ2n) is 5.08. The quantitative estimate of drug-likeness (QED) is 0.819. The second kappa shape index (κ2) is 6.68. The van der Waals surface area contributed by atoms with E-state index in [1.807, 2.05) is 37.3 Å². The molecule has 1 fully saturated rings. The maximum Gasteiger partial charge on any atom is 0.241 e. The SMILES string of the molecule is CCCN(C1CNC1)C(C)C(=O)Nc1ccccc1. The zero-order valence-corrected chi connectivity index (χ0v) is 11.7. The summed E-state index contributed by atoms with van der Waals surface area (Å²) < 4.78 is 0. The monoisotopic (exact) mass is 261 g/mol. The van der Waals surface area contributed by atoms with E-state index in [4.69, 9.17) is 0 Å². The van der Waals surface area contributed by atoms with Crippen LogP contribution in [0.2, 0.25) is 0 Å². The molecule has 0 radical (unpaired) electrons. The molecule has 1 aromatic rings. The molecule has 19 heavy (non-hydrogen) atoms. The molecule has 2 N–H and O–H groups in total. The molecule has 1 aromatic carbocycles. The Balaban J connectivity index is 1.96. The first-order valence-corrected chi connectivity index (χ1v) is 7.04. The van der Waals surface area contributed by atoms with E-state index in [1.54, 1.807) is 0 Å². The lowest BCUT2D eigenvalue weighted by Crippen LogP contribution is -2.61. The summed E-state index contributed by atoms with van der Waals surface area (Å²) in [6.45, 7) is 7.09. The van der Waals surface area contributed by atoms with Crippen LogP contribution in [0.15, 0.2) is 30.3 Å². The number of amides is 1. The van der Waals surface area contributed by atoms with Crippen LogP contribution in [-0.2, 0) is 4.79 Å². The van der Waals surface area contributed by atoms with Crippen LogP contribution in [0.1, 0.15) is 20.3 Å². The fourth-order valence-corrected chi connectivity index (χ4v) is 2.38. The van der Waals surface area contributed by atoms with E-state index in [2.05, 4.69) is 22.5 Å². The van der Waals surface area contributed by atoms with Crippen LogP contribution in [0.3, 0.4) is 0 Å². The largest absolute Gasteiger partial charge is 0.325 e. The van der Waals surface area contributed by atoms with E-state index in [1.165, 1.54) is 0 Å². The fraction of sp³-hybridized carbons (Fsp3) is 0.533. The molecule has 0 saturated carbocycles. The highest BCUT2D eigenvalue weighted by Gasteiger charge is 2.30. The maximum atomic E-state index is 12.3. The van der Waals surface area contributed by atoms with E-state index in [-0.39, 0.29) is 11.9 Å². The van der Waals surface area contributed by atoms with Gasteiger partial charge in [-0.25, -0.2) is 0 Å². The van der Waals surface area contributed by atoms with Crippen LogP contribution in [-0.4, -0.2) is 42.5 Å². The van der Waals surface area contributed by atoms with Gasteiger partial charge in [0.05, 0.1) is 6.04 Å². The van der Waals surface area contributed by atoms with Crippen molar-refractivity contribution in [1.29, 1.82) is 0 Å². The first-order chi connectivity index (χ1) is 9.22. The molecule has 1 unspecified atom stereocenters. The third-order valence-electron chi connectivity index (χ3n) is 3.63. The molecule has 0 aliphatic carbocycles. The number of hydrogen-bond acceptors (Lipinski definition) is 3. The number of carbonyl (C=O) groups excluding carboxylic acids is 1. The third-order valence-corrected chi connectivity index (χ3v) is 3.63. The number of nitrogens with zero attached hydrogens (tertiary/aromatic N) is 1. The molecular weight excluding hydrogens is 238 g/mol. The molecule has 1 saturated heterocycles. The zero-order chi connectivity index (χ0) is 13.7. The molecule has 0 bridgehead atoms. The molecule has 1 heterocycles. The third kappa shape index (κ3) is 3.55. The standard InChI is InChI=1S/C15H23N3O/c1-3-9-18(14-10-16-11-14)12(2)15(19)17-13-7-5-4-6-8-13/h4-8,12,14,16H,3,9-11H2,1-2H3,(H,17,19). The van der Waals surface area contributed by atoms with Gasteiger partial charge in [-0.1, -0.05) is 25.1 Å². The van der Waals surface area contributed by atoms with E-state index in [0.29, 0.717) is 6.04 Å². The Kier molecular flexibility index (Phi) is 4.93. The Morgan fingerprint density at radius 2 is 2.11 bits per heavy atom. The number of rotatable bonds is 6. The molecule has 2 rings (SSSR count). The van der Waals surface area contributed by atoms with Crippen molar-refractivity contribution in [2.45, 2.75) is 32.4 Å². The number of nitrogens with one attached hydrogen (secondary N) is 2. The summed E-state index contributed by atoms with van der Waals surface area (Å²) in [7, 11) is 0. The van der Waals surface area contributed by atoms with Gasteiger partial charge in [-0.15, -0.1) is 0 Å². The van der Waals surface area contributed by atoms with Gasteiger partial charge in [-0.2, -0.15) is 0 Å². The number of anilines is 1. The van der Waals surface area contributed by atoms with Gasteiger partial charge in [0.15, 0.2) is 0 Å². The average Bonchev–Trinajstić information content (AvgIpc) is 2.36. The lowest BCUT2D eigenvalue weighted by Gasteiger charge is -2.41. The molecule has 1 amide bonds. The summed E-state index contributed by atoms with van der Waals surface area (Å²) in [6.07, 6.45) is 1.07. The smallest absolute Gasteiger partial charge is 0.241 e. The van der Waals surface area contributed by atoms with Gasteiger partial charge in [-0.05, 0) is 32.0 Å². The summed E-state index contributed by atoms with van der Waals surface area (Å²) in [4.78, 5) is 14.6. The van der Waals surface area contributed by atoms with E-state index < -0.39 is 0 Å². The van der Waals surface area contributed by atoms with Crippen LogP contribution >= 0.6 is 0 Å². The van der Waals surface area contributed by atoms with Gasteiger partial charge < -0.3 is 10.6 Å². The summed E-state index contributed by atoms with van der Waals surface area (Å²) in [6, 6.07) is 10.0. The van der Waals surface area contributed by atoms with Gasteiger partial charge >= 0.3 is 0 Å². The highest BCUT2D eigenvalue weighted by molar-refractivity contribution is 5.94. The van der Waals surface area contributed by atoms with Crippen molar-refractivity contribution in [3.63, 3.8) is 0 Å². The van der Waals surface area contributed by atoms with Gasteiger partial charge in [0, 0.05) is 24.8 Å². The summed E-state index contributed by atoms with van der Waals surface area (Å²) in [5.41, 5.74) is 0.863. The summed E-state index contributed by atoms with van der Waals surface area (Å²) in [5, 5.41) is 6.25. The van der Waals surface area contributed by atoms with Crippen LogP contribution in [0, 0.1) is 0 Å². The Bertz CT molecular complexity index is 403. The van der Waals surface area contributed by atoms with Gasteiger partial charge in [0.2, 0.25) is 5.91 Å². The minimum absolute atomic E-state index is 0.0755. The highest BCUT2D eigenvalue weighted by atomic mass is 16.2. The second-order valence-corrected chi connectivity index (χ2v) is 5.08. The fourth-order valence-electron chi connectivity index (χ4n) is 2.38.